The van der Waals surface area contributed by atoms with Crippen LogP contribution in [0, 0.1) is 5.92 Å². The third-order valence-electron chi connectivity index (χ3n) is 3.92. The Morgan fingerprint density at radius 3 is 2.94 bits per heavy atom. The molecule has 1 N–H and O–H groups in total. The molecule has 2 rings (SSSR count). The van der Waals surface area contributed by atoms with Crippen molar-refractivity contribution in [2.24, 2.45) is 5.92 Å². The van der Waals surface area contributed by atoms with Crippen molar-refractivity contribution in [3.8, 4) is 0 Å². The molecule has 0 saturated carbocycles. The Morgan fingerprint density at radius 1 is 1.47 bits per heavy atom. The Balaban J connectivity index is 1.90. The Hall–Kier alpha value is -0.610. The Labute approximate surface area is 104 Å². The van der Waals surface area contributed by atoms with Gasteiger partial charge in [-0.3, -0.25) is 4.79 Å². The van der Waals surface area contributed by atoms with E-state index in [1.165, 1.54) is 6.42 Å². The van der Waals surface area contributed by atoms with E-state index in [1.807, 2.05) is 11.8 Å². The lowest BCUT2D eigenvalue weighted by Gasteiger charge is -2.35. The normalized spacial score (nSPS) is 34.0. The van der Waals surface area contributed by atoms with Crippen LogP contribution < -0.4 is 5.32 Å². The maximum Gasteiger partial charge on any atom is 0.228 e. The van der Waals surface area contributed by atoms with Gasteiger partial charge in [0.05, 0.1) is 12.0 Å². The van der Waals surface area contributed by atoms with E-state index in [0.29, 0.717) is 11.9 Å². The van der Waals surface area contributed by atoms with Crippen molar-refractivity contribution < 1.29 is 9.53 Å². The van der Waals surface area contributed by atoms with Gasteiger partial charge in [-0.15, -0.1) is 0 Å². The van der Waals surface area contributed by atoms with Crippen molar-refractivity contribution in [1.82, 2.24) is 10.2 Å². The number of nitrogens with zero attached hydrogens (tertiary/aromatic N) is 1. The predicted molar refractivity (Wildman–Crippen MR) is 66.8 cm³/mol. The van der Waals surface area contributed by atoms with Crippen molar-refractivity contribution >= 4 is 5.91 Å². The van der Waals surface area contributed by atoms with Crippen LogP contribution in [-0.4, -0.2) is 49.2 Å². The summed E-state index contributed by atoms with van der Waals surface area (Å²) < 4.78 is 5.49. The number of carbonyl (C=O) groups is 1. The van der Waals surface area contributed by atoms with Crippen molar-refractivity contribution in [2.45, 2.75) is 45.3 Å². The first-order valence-corrected chi connectivity index (χ1v) is 6.86. The minimum Gasteiger partial charge on any atom is -0.378 e. The fraction of sp³-hybridized carbons (Fsp3) is 0.923. The average Bonchev–Trinajstić information content (AvgIpc) is 2.75. The maximum atomic E-state index is 12.4. The van der Waals surface area contributed by atoms with Gasteiger partial charge in [-0.2, -0.15) is 0 Å². The smallest absolute Gasteiger partial charge is 0.228 e. The van der Waals surface area contributed by atoms with E-state index in [4.69, 9.17) is 4.74 Å². The van der Waals surface area contributed by atoms with E-state index in [2.05, 4.69) is 12.2 Å². The van der Waals surface area contributed by atoms with Crippen molar-refractivity contribution in [3.63, 3.8) is 0 Å². The van der Waals surface area contributed by atoms with Crippen LogP contribution in [0.4, 0.5) is 0 Å². The van der Waals surface area contributed by atoms with Crippen LogP contribution in [0.2, 0.25) is 0 Å². The first kappa shape index (κ1) is 12.8. The minimum absolute atomic E-state index is 0.0929. The molecule has 0 aliphatic carbocycles. The number of rotatable bonds is 3. The van der Waals surface area contributed by atoms with Crippen LogP contribution in [0.1, 0.15) is 33.1 Å². The van der Waals surface area contributed by atoms with Gasteiger partial charge in [-0.25, -0.2) is 0 Å². The van der Waals surface area contributed by atoms with Gasteiger partial charge in [0.15, 0.2) is 0 Å². The molecule has 1 amide bonds. The molecule has 98 valence electrons. The number of likely N-dealkylation sites (tertiary alicyclic amines) is 1. The first-order valence-electron chi connectivity index (χ1n) is 6.86. The lowest BCUT2D eigenvalue weighted by atomic mass is 9.98. The highest BCUT2D eigenvalue weighted by Gasteiger charge is 2.35. The number of amides is 1. The summed E-state index contributed by atoms with van der Waals surface area (Å²) in [4.78, 5) is 14.4. The molecule has 17 heavy (non-hydrogen) atoms. The summed E-state index contributed by atoms with van der Waals surface area (Å²) >= 11 is 0. The van der Waals surface area contributed by atoms with Gasteiger partial charge in [-0.05, 0) is 32.7 Å². The fourth-order valence-electron chi connectivity index (χ4n) is 2.92. The molecule has 2 saturated heterocycles. The summed E-state index contributed by atoms with van der Waals surface area (Å²) in [7, 11) is 0. The summed E-state index contributed by atoms with van der Waals surface area (Å²) in [6.07, 6.45) is 3.30. The second kappa shape index (κ2) is 5.83. The predicted octanol–water partition coefficient (Wildman–Crippen LogP) is 1.01. The van der Waals surface area contributed by atoms with E-state index in [9.17, 15) is 4.79 Å². The maximum absolute atomic E-state index is 12.4. The molecular formula is C13H24N2O2. The molecule has 0 aromatic heterocycles. The third kappa shape index (κ3) is 2.99. The van der Waals surface area contributed by atoms with Gasteiger partial charge >= 0.3 is 0 Å². The molecule has 3 atom stereocenters. The highest BCUT2D eigenvalue weighted by Crippen LogP contribution is 2.24. The molecule has 0 aromatic carbocycles. The highest BCUT2D eigenvalue weighted by molar-refractivity contribution is 5.79. The number of ether oxygens (including phenoxy) is 1. The van der Waals surface area contributed by atoms with Gasteiger partial charge in [0.25, 0.3) is 0 Å². The molecule has 4 heteroatoms. The molecule has 0 bridgehead atoms. The summed E-state index contributed by atoms with van der Waals surface area (Å²) in [5, 5.41) is 3.45. The van der Waals surface area contributed by atoms with Crippen LogP contribution in [0.25, 0.3) is 0 Å². The van der Waals surface area contributed by atoms with E-state index < -0.39 is 0 Å². The summed E-state index contributed by atoms with van der Waals surface area (Å²) in [5.74, 6) is 0.396. The first-order chi connectivity index (χ1) is 8.22. The van der Waals surface area contributed by atoms with Crippen LogP contribution in [0.15, 0.2) is 0 Å². The van der Waals surface area contributed by atoms with E-state index >= 15 is 0 Å². The lowest BCUT2D eigenvalue weighted by molar-refractivity contribution is -0.138. The van der Waals surface area contributed by atoms with Gasteiger partial charge in [0.2, 0.25) is 5.91 Å². The summed E-state index contributed by atoms with van der Waals surface area (Å²) in [6, 6.07) is 0.482. The van der Waals surface area contributed by atoms with Crippen molar-refractivity contribution in [3.05, 3.63) is 0 Å². The molecule has 0 aromatic rings. The molecular weight excluding hydrogens is 216 g/mol. The minimum atomic E-state index is 0.0929. The SMILES string of the molecule is CCNC1CCCN(C(=O)C2CCOC2C)C1. The second-order valence-corrected chi connectivity index (χ2v) is 5.15. The highest BCUT2D eigenvalue weighted by atomic mass is 16.5. The molecule has 0 radical (unpaired) electrons. The molecule has 2 fully saturated rings. The van der Waals surface area contributed by atoms with E-state index in [1.54, 1.807) is 0 Å². The van der Waals surface area contributed by atoms with E-state index in [-0.39, 0.29) is 12.0 Å². The molecule has 4 nitrogen and oxygen atoms in total. The van der Waals surface area contributed by atoms with Gasteiger partial charge < -0.3 is 15.0 Å². The third-order valence-corrected chi connectivity index (χ3v) is 3.92. The Kier molecular flexibility index (Phi) is 4.40. The zero-order valence-corrected chi connectivity index (χ0v) is 10.9. The van der Waals surface area contributed by atoms with Crippen molar-refractivity contribution in [2.75, 3.05) is 26.2 Å². The molecule has 2 aliphatic rings. The van der Waals surface area contributed by atoms with Gasteiger partial charge in [-0.1, -0.05) is 6.92 Å². The van der Waals surface area contributed by atoms with Crippen LogP contribution in [0.5, 0.6) is 0 Å². The number of hydrogen-bond acceptors (Lipinski definition) is 3. The zero-order valence-electron chi connectivity index (χ0n) is 10.9. The van der Waals surface area contributed by atoms with Crippen LogP contribution >= 0.6 is 0 Å². The quantitative estimate of drug-likeness (QED) is 0.800. The lowest BCUT2D eigenvalue weighted by Crippen LogP contribution is -2.50. The van der Waals surface area contributed by atoms with Crippen LogP contribution in [0.3, 0.4) is 0 Å². The van der Waals surface area contributed by atoms with E-state index in [0.717, 1.165) is 39.1 Å². The number of carbonyl (C=O) groups excluding carboxylic acids is 1. The monoisotopic (exact) mass is 240 g/mol. The Morgan fingerprint density at radius 2 is 2.29 bits per heavy atom. The standard InChI is InChI=1S/C13H24N2O2/c1-3-14-11-5-4-7-15(9-11)13(16)12-6-8-17-10(12)2/h10-12,14H,3-9H2,1-2H3. The number of nitrogens with one attached hydrogen (secondary N) is 1. The summed E-state index contributed by atoms with van der Waals surface area (Å²) in [5.41, 5.74) is 0. The largest absolute Gasteiger partial charge is 0.378 e. The molecule has 0 spiro atoms. The molecule has 2 heterocycles. The number of likely N-dealkylation sites (N-methyl/N-ethyl adjacent to an activating group) is 1. The van der Waals surface area contributed by atoms with Crippen molar-refractivity contribution in [1.29, 1.82) is 0 Å². The average molecular weight is 240 g/mol. The number of hydrogen-bond donors (Lipinski definition) is 1. The fourth-order valence-corrected chi connectivity index (χ4v) is 2.92. The Bertz CT molecular complexity index is 268. The van der Waals surface area contributed by atoms with Gasteiger partial charge in [0, 0.05) is 25.7 Å². The van der Waals surface area contributed by atoms with Gasteiger partial charge in [0.1, 0.15) is 0 Å². The molecule has 2 aliphatic heterocycles. The summed E-state index contributed by atoms with van der Waals surface area (Å²) in [6.45, 7) is 7.65. The second-order valence-electron chi connectivity index (χ2n) is 5.15. The zero-order chi connectivity index (χ0) is 12.3. The number of piperidine rings is 1. The van der Waals surface area contributed by atoms with Crippen LogP contribution in [-0.2, 0) is 9.53 Å². The molecule has 3 unspecified atom stereocenters. The topological polar surface area (TPSA) is 41.6 Å².